The molecule has 3 heteroatoms. The van der Waals surface area contributed by atoms with Crippen molar-refractivity contribution in [2.24, 2.45) is 5.92 Å². The summed E-state index contributed by atoms with van der Waals surface area (Å²) in [6.45, 7) is 6.83. The Morgan fingerprint density at radius 3 is 3.06 bits per heavy atom. The molecule has 3 unspecified atom stereocenters. The third-order valence-corrected chi connectivity index (χ3v) is 3.95. The standard InChI is InChI=1S/C15H23ClN2/c1-11-10-17-7-6-15(11)18-12(2)8-13-4-3-5-14(16)9-13/h3-5,9,11-12,15,17-18H,6-8,10H2,1-2H3. The van der Waals surface area contributed by atoms with Crippen LogP contribution in [0.1, 0.15) is 25.8 Å². The van der Waals surface area contributed by atoms with E-state index in [4.69, 9.17) is 11.6 Å². The third-order valence-electron chi connectivity index (χ3n) is 3.71. The van der Waals surface area contributed by atoms with Gasteiger partial charge in [-0.2, -0.15) is 0 Å². The lowest BCUT2D eigenvalue weighted by Gasteiger charge is -2.32. The van der Waals surface area contributed by atoms with Crippen LogP contribution in [0.5, 0.6) is 0 Å². The predicted octanol–water partition coefficient (Wildman–Crippen LogP) is 2.86. The van der Waals surface area contributed by atoms with Gasteiger partial charge in [-0.1, -0.05) is 30.7 Å². The van der Waals surface area contributed by atoms with Crippen molar-refractivity contribution in [1.82, 2.24) is 10.6 Å². The first-order chi connectivity index (χ1) is 8.65. The summed E-state index contributed by atoms with van der Waals surface area (Å²) < 4.78 is 0. The van der Waals surface area contributed by atoms with Gasteiger partial charge in [-0.05, 0) is 56.5 Å². The molecule has 2 nitrogen and oxygen atoms in total. The van der Waals surface area contributed by atoms with E-state index in [2.05, 4.69) is 36.6 Å². The smallest absolute Gasteiger partial charge is 0.0408 e. The maximum absolute atomic E-state index is 6.01. The van der Waals surface area contributed by atoms with Crippen LogP contribution in [0.15, 0.2) is 24.3 Å². The van der Waals surface area contributed by atoms with Crippen LogP contribution in [-0.2, 0) is 6.42 Å². The van der Waals surface area contributed by atoms with Crippen LogP contribution >= 0.6 is 11.6 Å². The average Bonchev–Trinajstić information content (AvgIpc) is 2.32. The van der Waals surface area contributed by atoms with Gasteiger partial charge in [-0.25, -0.2) is 0 Å². The molecule has 1 heterocycles. The summed E-state index contributed by atoms with van der Waals surface area (Å²) >= 11 is 6.01. The highest BCUT2D eigenvalue weighted by Crippen LogP contribution is 2.15. The molecule has 2 rings (SSSR count). The first-order valence-electron chi connectivity index (χ1n) is 6.86. The zero-order chi connectivity index (χ0) is 13.0. The fraction of sp³-hybridized carbons (Fsp3) is 0.600. The monoisotopic (exact) mass is 266 g/mol. The van der Waals surface area contributed by atoms with Crippen molar-refractivity contribution in [3.05, 3.63) is 34.9 Å². The van der Waals surface area contributed by atoms with Gasteiger partial charge in [0.25, 0.3) is 0 Å². The zero-order valence-electron chi connectivity index (χ0n) is 11.2. The Morgan fingerprint density at radius 1 is 1.50 bits per heavy atom. The van der Waals surface area contributed by atoms with Crippen molar-refractivity contribution in [3.8, 4) is 0 Å². The van der Waals surface area contributed by atoms with E-state index in [-0.39, 0.29) is 0 Å². The van der Waals surface area contributed by atoms with E-state index in [1.54, 1.807) is 0 Å². The van der Waals surface area contributed by atoms with Crippen LogP contribution in [0.4, 0.5) is 0 Å². The summed E-state index contributed by atoms with van der Waals surface area (Å²) in [4.78, 5) is 0. The Balaban J connectivity index is 1.86. The molecule has 2 N–H and O–H groups in total. The lowest BCUT2D eigenvalue weighted by molar-refractivity contribution is 0.276. The van der Waals surface area contributed by atoms with E-state index in [1.807, 2.05) is 12.1 Å². The van der Waals surface area contributed by atoms with E-state index in [1.165, 1.54) is 12.0 Å². The SMILES string of the molecule is CC(Cc1cccc(Cl)c1)NC1CCNCC1C. The number of rotatable bonds is 4. The van der Waals surface area contributed by atoms with E-state index in [9.17, 15) is 0 Å². The molecule has 1 aliphatic heterocycles. The van der Waals surface area contributed by atoms with E-state index < -0.39 is 0 Å². The number of piperidine rings is 1. The molecular weight excluding hydrogens is 244 g/mol. The summed E-state index contributed by atoms with van der Waals surface area (Å²) in [6.07, 6.45) is 2.26. The summed E-state index contributed by atoms with van der Waals surface area (Å²) in [6, 6.07) is 9.30. The normalized spacial score (nSPS) is 25.9. The number of hydrogen-bond donors (Lipinski definition) is 2. The molecule has 0 saturated carbocycles. The molecular formula is C15H23ClN2. The molecule has 0 bridgehead atoms. The van der Waals surface area contributed by atoms with Gasteiger partial charge >= 0.3 is 0 Å². The molecule has 0 amide bonds. The molecule has 0 aromatic heterocycles. The van der Waals surface area contributed by atoms with Crippen LogP contribution in [0.25, 0.3) is 0 Å². The minimum atomic E-state index is 0.494. The van der Waals surface area contributed by atoms with E-state index >= 15 is 0 Å². The molecule has 1 aromatic carbocycles. The van der Waals surface area contributed by atoms with Gasteiger partial charge < -0.3 is 10.6 Å². The van der Waals surface area contributed by atoms with Gasteiger partial charge in [-0.15, -0.1) is 0 Å². The van der Waals surface area contributed by atoms with Crippen molar-refractivity contribution in [3.63, 3.8) is 0 Å². The summed E-state index contributed by atoms with van der Waals surface area (Å²) in [5.41, 5.74) is 1.31. The third kappa shape index (κ3) is 3.98. The number of benzene rings is 1. The first kappa shape index (κ1) is 13.9. The van der Waals surface area contributed by atoms with Crippen molar-refractivity contribution >= 4 is 11.6 Å². The van der Waals surface area contributed by atoms with Crippen LogP contribution < -0.4 is 10.6 Å². The predicted molar refractivity (Wildman–Crippen MR) is 78.2 cm³/mol. The minimum absolute atomic E-state index is 0.494. The Kier molecular flexibility index (Phi) is 5.04. The number of halogens is 1. The molecule has 1 aromatic rings. The molecule has 1 aliphatic rings. The fourth-order valence-electron chi connectivity index (χ4n) is 2.70. The number of nitrogens with one attached hydrogen (secondary N) is 2. The highest BCUT2D eigenvalue weighted by molar-refractivity contribution is 6.30. The van der Waals surface area contributed by atoms with Crippen LogP contribution in [0, 0.1) is 5.92 Å². The van der Waals surface area contributed by atoms with Gasteiger partial charge in [0.05, 0.1) is 0 Å². The van der Waals surface area contributed by atoms with Gasteiger partial charge in [0.1, 0.15) is 0 Å². The van der Waals surface area contributed by atoms with Gasteiger partial charge in [-0.3, -0.25) is 0 Å². The molecule has 0 spiro atoms. The largest absolute Gasteiger partial charge is 0.316 e. The van der Waals surface area contributed by atoms with Crippen LogP contribution in [-0.4, -0.2) is 25.2 Å². The highest BCUT2D eigenvalue weighted by Gasteiger charge is 2.22. The summed E-state index contributed by atoms with van der Waals surface area (Å²) in [5, 5.41) is 8.02. The molecule has 1 saturated heterocycles. The highest BCUT2D eigenvalue weighted by atomic mass is 35.5. The van der Waals surface area contributed by atoms with E-state index in [0.29, 0.717) is 18.0 Å². The Morgan fingerprint density at radius 2 is 2.33 bits per heavy atom. The van der Waals surface area contributed by atoms with Crippen molar-refractivity contribution < 1.29 is 0 Å². The molecule has 3 atom stereocenters. The Hall–Kier alpha value is -0.570. The van der Waals surface area contributed by atoms with E-state index in [0.717, 1.165) is 24.5 Å². The lowest BCUT2D eigenvalue weighted by atomic mass is 9.94. The first-order valence-corrected chi connectivity index (χ1v) is 7.24. The van der Waals surface area contributed by atoms with Crippen molar-refractivity contribution in [2.75, 3.05) is 13.1 Å². The summed E-state index contributed by atoms with van der Waals surface area (Å²) in [5.74, 6) is 0.709. The Bertz CT molecular complexity index is 381. The topological polar surface area (TPSA) is 24.1 Å². The molecule has 0 radical (unpaired) electrons. The molecule has 0 aliphatic carbocycles. The second-order valence-electron chi connectivity index (χ2n) is 5.48. The fourth-order valence-corrected chi connectivity index (χ4v) is 2.92. The zero-order valence-corrected chi connectivity index (χ0v) is 12.0. The number of hydrogen-bond acceptors (Lipinski definition) is 2. The van der Waals surface area contributed by atoms with Gasteiger partial charge in [0, 0.05) is 17.1 Å². The summed E-state index contributed by atoms with van der Waals surface area (Å²) in [7, 11) is 0. The van der Waals surface area contributed by atoms with Crippen molar-refractivity contribution in [1.29, 1.82) is 0 Å². The minimum Gasteiger partial charge on any atom is -0.316 e. The quantitative estimate of drug-likeness (QED) is 0.876. The Labute approximate surface area is 115 Å². The van der Waals surface area contributed by atoms with Crippen LogP contribution in [0.2, 0.25) is 5.02 Å². The molecule has 1 fully saturated rings. The van der Waals surface area contributed by atoms with Gasteiger partial charge in [0.2, 0.25) is 0 Å². The average molecular weight is 267 g/mol. The van der Waals surface area contributed by atoms with Gasteiger partial charge in [0.15, 0.2) is 0 Å². The second-order valence-corrected chi connectivity index (χ2v) is 5.91. The van der Waals surface area contributed by atoms with Crippen molar-refractivity contribution in [2.45, 2.75) is 38.8 Å². The molecule has 18 heavy (non-hydrogen) atoms. The molecule has 100 valence electrons. The maximum atomic E-state index is 6.01. The second kappa shape index (κ2) is 6.55. The van der Waals surface area contributed by atoms with Crippen LogP contribution in [0.3, 0.4) is 0 Å². The lowest BCUT2D eigenvalue weighted by Crippen LogP contribution is -2.49. The maximum Gasteiger partial charge on any atom is 0.0408 e.